The van der Waals surface area contributed by atoms with Gasteiger partial charge in [0.2, 0.25) is 0 Å². The van der Waals surface area contributed by atoms with Crippen molar-refractivity contribution < 1.29 is 9.13 Å². The zero-order valence-electron chi connectivity index (χ0n) is 17.0. The smallest absolute Gasteiger partial charge is 0.123 e. The highest BCUT2D eigenvalue weighted by Crippen LogP contribution is 2.31. The molecule has 0 aromatic heterocycles. The summed E-state index contributed by atoms with van der Waals surface area (Å²) in [5.74, 6) is 0.447. The van der Waals surface area contributed by atoms with Gasteiger partial charge in [0.15, 0.2) is 0 Å². The third-order valence-corrected chi connectivity index (χ3v) is 5.31. The Bertz CT molecular complexity index is 455. The van der Waals surface area contributed by atoms with Crippen molar-refractivity contribution in [3.05, 3.63) is 35.6 Å². The van der Waals surface area contributed by atoms with Gasteiger partial charge in [0.1, 0.15) is 5.82 Å². The van der Waals surface area contributed by atoms with Crippen LogP contribution >= 0.6 is 0 Å². The number of aryl methyl sites for hydroxylation is 1. The number of ether oxygens (including phenoxy) is 1. The number of benzene rings is 1. The number of hydrogen-bond donors (Lipinski definition) is 0. The molecule has 0 spiro atoms. The minimum Gasteiger partial charge on any atom is -0.376 e. The lowest BCUT2D eigenvalue weighted by molar-refractivity contribution is -0.0603. The quantitative estimate of drug-likeness (QED) is 0.319. The van der Waals surface area contributed by atoms with E-state index in [0.29, 0.717) is 5.92 Å². The minimum absolute atomic E-state index is 0.0693. The summed E-state index contributed by atoms with van der Waals surface area (Å²) in [4.78, 5) is 0. The lowest BCUT2D eigenvalue weighted by Gasteiger charge is -2.34. The summed E-state index contributed by atoms with van der Waals surface area (Å²) < 4.78 is 19.4. The molecular formula is C23H39FO. The molecule has 1 unspecified atom stereocenters. The average molecular weight is 351 g/mol. The van der Waals surface area contributed by atoms with E-state index >= 15 is 0 Å². The van der Waals surface area contributed by atoms with Crippen LogP contribution in [0.4, 0.5) is 4.39 Å². The van der Waals surface area contributed by atoms with Crippen molar-refractivity contribution in [3.8, 4) is 0 Å². The highest BCUT2D eigenvalue weighted by Gasteiger charge is 2.29. The molecule has 0 aliphatic carbocycles. The SMILES string of the molecule is CCCCCCCCC(CCCc1cccc(F)c1)C(C)(C)OCC. The molecule has 1 nitrogen and oxygen atoms in total. The Hall–Kier alpha value is -0.890. The maximum Gasteiger partial charge on any atom is 0.123 e. The second-order valence-electron chi connectivity index (χ2n) is 7.81. The van der Waals surface area contributed by atoms with Crippen LogP contribution in [0.1, 0.15) is 91.0 Å². The van der Waals surface area contributed by atoms with E-state index in [9.17, 15) is 4.39 Å². The molecule has 2 heteroatoms. The molecule has 0 bridgehead atoms. The minimum atomic E-state index is -0.129. The summed E-state index contributed by atoms with van der Waals surface area (Å²) >= 11 is 0. The maximum atomic E-state index is 13.3. The maximum absolute atomic E-state index is 13.3. The first kappa shape index (κ1) is 22.2. The van der Waals surface area contributed by atoms with Gasteiger partial charge in [0.05, 0.1) is 5.60 Å². The fourth-order valence-electron chi connectivity index (χ4n) is 3.75. The van der Waals surface area contributed by atoms with Crippen LogP contribution in [0, 0.1) is 11.7 Å². The van der Waals surface area contributed by atoms with E-state index in [2.05, 4.69) is 27.7 Å². The Morgan fingerprint density at radius 3 is 2.32 bits per heavy atom. The lowest BCUT2D eigenvalue weighted by Crippen LogP contribution is -2.34. The average Bonchev–Trinajstić information content (AvgIpc) is 2.56. The van der Waals surface area contributed by atoms with Crippen LogP contribution < -0.4 is 0 Å². The fraction of sp³-hybridized carbons (Fsp3) is 0.739. The summed E-state index contributed by atoms with van der Waals surface area (Å²) in [6.07, 6.45) is 12.5. The van der Waals surface area contributed by atoms with Crippen LogP contribution in [-0.4, -0.2) is 12.2 Å². The first-order valence-electron chi connectivity index (χ1n) is 10.4. The van der Waals surface area contributed by atoms with Gasteiger partial charge in [0.25, 0.3) is 0 Å². The molecule has 0 amide bonds. The Morgan fingerprint density at radius 1 is 0.960 bits per heavy atom. The Balaban J connectivity index is 2.44. The highest BCUT2D eigenvalue weighted by atomic mass is 19.1. The Labute approximate surface area is 155 Å². The van der Waals surface area contributed by atoms with E-state index in [1.807, 2.05) is 12.1 Å². The third-order valence-electron chi connectivity index (χ3n) is 5.31. The van der Waals surface area contributed by atoms with E-state index in [-0.39, 0.29) is 11.4 Å². The van der Waals surface area contributed by atoms with Gasteiger partial charge in [-0.25, -0.2) is 4.39 Å². The second kappa shape index (κ2) is 12.5. The van der Waals surface area contributed by atoms with Crippen LogP contribution in [-0.2, 0) is 11.2 Å². The second-order valence-corrected chi connectivity index (χ2v) is 7.81. The molecule has 0 heterocycles. The van der Waals surface area contributed by atoms with Gasteiger partial charge in [-0.15, -0.1) is 0 Å². The van der Waals surface area contributed by atoms with Crippen LogP contribution in [0.2, 0.25) is 0 Å². The van der Waals surface area contributed by atoms with Crippen LogP contribution in [0.25, 0.3) is 0 Å². The van der Waals surface area contributed by atoms with Crippen LogP contribution in [0.5, 0.6) is 0 Å². The van der Waals surface area contributed by atoms with E-state index in [0.717, 1.165) is 31.4 Å². The van der Waals surface area contributed by atoms with Crippen molar-refractivity contribution >= 4 is 0 Å². The monoisotopic (exact) mass is 350 g/mol. The fourth-order valence-corrected chi connectivity index (χ4v) is 3.75. The van der Waals surface area contributed by atoms with Crippen molar-refractivity contribution in [1.82, 2.24) is 0 Å². The standard InChI is InChI=1S/C23H39FO/c1-5-7-8-9-10-11-16-21(23(3,4)25-6-2)17-12-14-20-15-13-18-22(24)19-20/h13,15,18-19,21H,5-12,14,16-17H2,1-4H3. The molecule has 1 aromatic rings. The summed E-state index contributed by atoms with van der Waals surface area (Å²) in [5, 5.41) is 0. The first-order chi connectivity index (χ1) is 12.0. The van der Waals surface area contributed by atoms with Gasteiger partial charge >= 0.3 is 0 Å². The lowest BCUT2D eigenvalue weighted by atomic mass is 9.82. The predicted octanol–water partition coefficient (Wildman–Crippen LogP) is 7.33. The van der Waals surface area contributed by atoms with Crippen molar-refractivity contribution in [3.63, 3.8) is 0 Å². The van der Waals surface area contributed by atoms with Crippen molar-refractivity contribution in [2.75, 3.05) is 6.61 Å². The van der Waals surface area contributed by atoms with E-state index in [4.69, 9.17) is 4.74 Å². The number of rotatable bonds is 14. The first-order valence-corrected chi connectivity index (χ1v) is 10.4. The summed E-state index contributed by atoms with van der Waals surface area (Å²) in [7, 11) is 0. The van der Waals surface area contributed by atoms with Crippen molar-refractivity contribution in [2.45, 2.75) is 97.5 Å². The topological polar surface area (TPSA) is 9.23 Å². The number of halogens is 1. The molecule has 1 aromatic carbocycles. The Kier molecular flexibility index (Phi) is 11.0. The number of unbranched alkanes of at least 4 members (excludes halogenated alkanes) is 5. The molecule has 0 saturated heterocycles. The molecule has 144 valence electrons. The zero-order chi connectivity index (χ0) is 18.5. The van der Waals surface area contributed by atoms with Gasteiger partial charge in [0, 0.05) is 6.61 Å². The Morgan fingerprint density at radius 2 is 1.64 bits per heavy atom. The van der Waals surface area contributed by atoms with Gasteiger partial charge in [-0.05, 0) is 70.1 Å². The molecule has 0 radical (unpaired) electrons. The summed E-state index contributed by atoms with van der Waals surface area (Å²) in [6, 6.07) is 7.02. The predicted molar refractivity (Wildman–Crippen MR) is 107 cm³/mol. The van der Waals surface area contributed by atoms with E-state index in [1.165, 1.54) is 51.0 Å². The molecule has 1 atom stereocenters. The van der Waals surface area contributed by atoms with Gasteiger partial charge in [-0.3, -0.25) is 0 Å². The van der Waals surface area contributed by atoms with Crippen molar-refractivity contribution in [1.29, 1.82) is 0 Å². The van der Waals surface area contributed by atoms with Gasteiger partial charge in [-0.1, -0.05) is 57.6 Å². The molecule has 0 aliphatic heterocycles. The van der Waals surface area contributed by atoms with E-state index in [1.54, 1.807) is 6.07 Å². The van der Waals surface area contributed by atoms with Gasteiger partial charge in [-0.2, -0.15) is 0 Å². The number of hydrogen-bond acceptors (Lipinski definition) is 1. The molecular weight excluding hydrogens is 311 g/mol. The van der Waals surface area contributed by atoms with E-state index < -0.39 is 0 Å². The molecule has 25 heavy (non-hydrogen) atoms. The molecule has 0 fully saturated rings. The highest BCUT2D eigenvalue weighted by molar-refractivity contribution is 5.16. The third kappa shape index (κ3) is 9.39. The molecule has 1 rings (SSSR count). The van der Waals surface area contributed by atoms with Gasteiger partial charge < -0.3 is 4.74 Å². The van der Waals surface area contributed by atoms with Crippen molar-refractivity contribution in [2.24, 2.45) is 5.92 Å². The molecule has 0 aliphatic rings. The molecule has 0 N–H and O–H groups in total. The summed E-state index contributed by atoms with van der Waals surface area (Å²) in [5.41, 5.74) is 1.03. The zero-order valence-corrected chi connectivity index (χ0v) is 17.0. The normalized spacial score (nSPS) is 13.2. The summed E-state index contributed by atoms with van der Waals surface area (Å²) in [6.45, 7) is 9.58. The van der Waals surface area contributed by atoms with Crippen LogP contribution in [0.15, 0.2) is 24.3 Å². The van der Waals surface area contributed by atoms with Crippen LogP contribution in [0.3, 0.4) is 0 Å². The molecule has 0 saturated carbocycles. The largest absolute Gasteiger partial charge is 0.376 e.